The Bertz CT molecular complexity index is 1380. The lowest BCUT2D eigenvalue weighted by molar-refractivity contribution is 0.212. The number of aromatic amines is 2. The molecule has 6 nitrogen and oxygen atoms in total. The topological polar surface area (TPSA) is 112 Å². The van der Waals surface area contributed by atoms with Crippen molar-refractivity contribution in [1.82, 2.24) is 15.0 Å². The Morgan fingerprint density at radius 2 is 2.10 bits per heavy atom. The number of nitrogens with zero attached hydrogens (tertiary/aromatic N) is 2. The number of benzene rings is 2. The second-order valence-corrected chi connectivity index (χ2v) is 7.25. The number of rotatable bonds is 5. The number of nitrogens with one attached hydrogen (secondary N) is 3. The summed E-state index contributed by atoms with van der Waals surface area (Å²) in [4.78, 5) is 11.0. The Labute approximate surface area is 173 Å². The van der Waals surface area contributed by atoms with E-state index in [-0.39, 0.29) is 0 Å². The summed E-state index contributed by atoms with van der Waals surface area (Å²) >= 11 is 0. The Morgan fingerprint density at radius 1 is 1.30 bits per heavy atom. The number of aliphatic hydroxyl groups excluding tert-OH is 1. The lowest BCUT2D eigenvalue weighted by Gasteiger charge is -2.16. The van der Waals surface area contributed by atoms with E-state index in [1.165, 1.54) is 6.21 Å². The first kappa shape index (κ1) is 19.4. The van der Waals surface area contributed by atoms with Crippen LogP contribution in [0.2, 0.25) is 0 Å². The number of imidazole rings is 1. The third kappa shape index (κ3) is 3.02. The summed E-state index contributed by atoms with van der Waals surface area (Å²) in [5.74, 6) is 0.407. The van der Waals surface area contributed by atoms with Crippen molar-refractivity contribution in [3.8, 4) is 6.07 Å². The third-order valence-corrected chi connectivity index (χ3v) is 5.33. The van der Waals surface area contributed by atoms with Gasteiger partial charge in [-0.05, 0) is 43.2 Å². The largest absolute Gasteiger partial charge is 0.380 e. The van der Waals surface area contributed by atoms with Gasteiger partial charge in [-0.3, -0.25) is 0 Å². The molecule has 4 N–H and O–H groups in total. The summed E-state index contributed by atoms with van der Waals surface area (Å²) in [5.41, 5.74) is 7.04. The zero-order valence-corrected chi connectivity index (χ0v) is 16.7. The van der Waals surface area contributed by atoms with Gasteiger partial charge in [-0.15, -0.1) is 0 Å². The molecule has 0 aliphatic carbocycles. The number of hydrogen-bond donors (Lipinski definition) is 4. The van der Waals surface area contributed by atoms with Gasteiger partial charge in [0.1, 0.15) is 11.9 Å². The fourth-order valence-electron chi connectivity index (χ4n) is 3.97. The molecule has 1 unspecified atom stereocenters. The van der Waals surface area contributed by atoms with Crippen LogP contribution >= 0.6 is 0 Å². The maximum Gasteiger partial charge on any atom is 0.140 e. The highest BCUT2D eigenvalue weighted by molar-refractivity contribution is 6.15. The number of nitriles is 1. The molecule has 1 atom stereocenters. The second kappa shape index (κ2) is 7.47. The average molecular weight is 395 g/mol. The molecule has 30 heavy (non-hydrogen) atoms. The van der Waals surface area contributed by atoms with Gasteiger partial charge in [0.25, 0.3) is 0 Å². The Hall–Kier alpha value is -3.95. The van der Waals surface area contributed by atoms with E-state index in [0.717, 1.165) is 33.2 Å². The highest BCUT2D eigenvalue weighted by atomic mass is 16.3. The van der Waals surface area contributed by atoms with E-state index in [9.17, 15) is 5.11 Å². The fraction of sp³-hybridized carbons (Fsp3) is 0.125. The number of fused-ring (bicyclic) bond motifs is 2. The van der Waals surface area contributed by atoms with Crippen LogP contribution < -0.4 is 0 Å². The highest BCUT2D eigenvalue weighted by Crippen LogP contribution is 2.37. The van der Waals surface area contributed by atoms with E-state index in [1.54, 1.807) is 30.4 Å². The molecular weight excluding hydrogens is 374 g/mol. The second-order valence-electron chi connectivity index (χ2n) is 7.25. The van der Waals surface area contributed by atoms with Gasteiger partial charge >= 0.3 is 0 Å². The number of aryl methyl sites for hydroxylation is 2. The zero-order chi connectivity index (χ0) is 21.4. The molecule has 0 bridgehead atoms. The smallest absolute Gasteiger partial charge is 0.140 e. The Morgan fingerprint density at radius 3 is 2.80 bits per heavy atom. The maximum absolute atomic E-state index is 11.3. The van der Waals surface area contributed by atoms with Crippen molar-refractivity contribution in [2.24, 2.45) is 0 Å². The SMILES string of the molecule is C=C/C=C(\C=N)c1c[nH]c2c(C)cc(C)c(C(O)c3nc4ccc(C#N)cc4[nH]3)c12. The molecule has 0 radical (unpaired) electrons. The fourth-order valence-corrected chi connectivity index (χ4v) is 3.97. The number of allylic oxidation sites excluding steroid dienone is 3. The van der Waals surface area contributed by atoms with Gasteiger partial charge < -0.3 is 20.5 Å². The molecule has 0 fully saturated rings. The number of aliphatic hydroxyl groups is 1. The van der Waals surface area contributed by atoms with Gasteiger partial charge in [-0.1, -0.05) is 24.8 Å². The van der Waals surface area contributed by atoms with Crippen molar-refractivity contribution in [3.05, 3.63) is 82.8 Å². The van der Waals surface area contributed by atoms with Crippen LogP contribution in [0.5, 0.6) is 0 Å². The summed E-state index contributed by atoms with van der Waals surface area (Å²) in [5, 5.41) is 29.1. The molecule has 0 saturated carbocycles. The molecular formula is C24H21N5O. The van der Waals surface area contributed by atoms with E-state index >= 15 is 0 Å². The first-order valence-corrected chi connectivity index (χ1v) is 9.51. The molecule has 4 rings (SSSR count). The van der Waals surface area contributed by atoms with Crippen molar-refractivity contribution in [3.63, 3.8) is 0 Å². The minimum absolute atomic E-state index is 0.407. The van der Waals surface area contributed by atoms with Gasteiger partial charge in [0, 0.05) is 40.0 Å². The number of H-pyrrole nitrogens is 2. The lowest BCUT2D eigenvalue weighted by atomic mass is 9.92. The van der Waals surface area contributed by atoms with Gasteiger partial charge in [0.2, 0.25) is 0 Å². The molecule has 2 heterocycles. The Kier molecular flexibility index (Phi) is 4.82. The van der Waals surface area contributed by atoms with E-state index in [2.05, 4.69) is 27.6 Å². The molecule has 2 aromatic heterocycles. The van der Waals surface area contributed by atoms with Crippen molar-refractivity contribution in [1.29, 1.82) is 10.7 Å². The first-order valence-electron chi connectivity index (χ1n) is 9.51. The predicted octanol–water partition coefficient (Wildman–Crippen LogP) is 4.83. The van der Waals surface area contributed by atoms with E-state index < -0.39 is 6.10 Å². The van der Waals surface area contributed by atoms with Crippen molar-refractivity contribution < 1.29 is 5.11 Å². The molecule has 6 heteroatoms. The van der Waals surface area contributed by atoms with E-state index in [0.29, 0.717) is 28.0 Å². The molecule has 0 aliphatic rings. The number of aromatic nitrogens is 3. The molecule has 0 amide bonds. The minimum atomic E-state index is -1.00. The van der Waals surface area contributed by atoms with Gasteiger partial charge in [-0.25, -0.2) is 4.98 Å². The van der Waals surface area contributed by atoms with Crippen LogP contribution in [0.1, 0.15) is 39.7 Å². The summed E-state index contributed by atoms with van der Waals surface area (Å²) < 4.78 is 0. The van der Waals surface area contributed by atoms with Crippen LogP contribution in [0.3, 0.4) is 0 Å². The van der Waals surface area contributed by atoms with Crippen molar-refractivity contribution >= 4 is 33.7 Å². The minimum Gasteiger partial charge on any atom is -0.380 e. The first-order chi connectivity index (χ1) is 14.5. The zero-order valence-electron chi connectivity index (χ0n) is 16.7. The van der Waals surface area contributed by atoms with E-state index in [1.807, 2.05) is 26.1 Å². The molecule has 0 aliphatic heterocycles. The van der Waals surface area contributed by atoms with Crippen LogP contribution in [0.15, 0.2) is 49.2 Å². The predicted molar refractivity (Wildman–Crippen MR) is 120 cm³/mol. The van der Waals surface area contributed by atoms with Crippen molar-refractivity contribution in [2.45, 2.75) is 20.0 Å². The summed E-state index contributed by atoms with van der Waals surface area (Å²) in [6.45, 7) is 7.71. The Balaban J connectivity index is 1.97. The monoisotopic (exact) mass is 395 g/mol. The van der Waals surface area contributed by atoms with Gasteiger partial charge in [-0.2, -0.15) is 5.26 Å². The van der Waals surface area contributed by atoms with Crippen LogP contribution in [-0.4, -0.2) is 26.3 Å². The molecule has 0 spiro atoms. The molecule has 2 aromatic carbocycles. The third-order valence-electron chi connectivity index (χ3n) is 5.33. The highest BCUT2D eigenvalue weighted by Gasteiger charge is 2.24. The maximum atomic E-state index is 11.3. The van der Waals surface area contributed by atoms with Gasteiger partial charge in [0.05, 0.1) is 22.7 Å². The molecule has 0 saturated heterocycles. The van der Waals surface area contributed by atoms with Gasteiger partial charge in [0.15, 0.2) is 0 Å². The summed E-state index contributed by atoms with van der Waals surface area (Å²) in [7, 11) is 0. The van der Waals surface area contributed by atoms with Crippen LogP contribution in [0.25, 0.3) is 27.5 Å². The summed E-state index contributed by atoms with van der Waals surface area (Å²) in [6.07, 6.45) is 5.54. The van der Waals surface area contributed by atoms with Crippen LogP contribution in [0, 0.1) is 30.6 Å². The van der Waals surface area contributed by atoms with Crippen LogP contribution in [0.4, 0.5) is 0 Å². The van der Waals surface area contributed by atoms with Crippen molar-refractivity contribution in [2.75, 3.05) is 0 Å². The standard InChI is InChI=1S/C24H21N5O/c1-4-5-16(11-26)17-12-27-22-14(3)8-13(2)20(21(17)22)23(30)24-28-18-7-6-15(10-25)9-19(18)29-24/h4-9,11-12,23,26-27,30H,1H2,2-3H3,(H,28,29)/b16-5+,26-11?. The van der Waals surface area contributed by atoms with Crippen LogP contribution in [-0.2, 0) is 0 Å². The summed E-state index contributed by atoms with van der Waals surface area (Å²) in [6, 6.07) is 9.33. The molecule has 148 valence electrons. The number of hydrogen-bond acceptors (Lipinski definition) is 4. The average Bonchev–Trinajstić information content (AvgIpc) is 3.36. The normalized spacial score (nSPS) is 12.8. The quantitative estimate of drug-likeness (QED) is 0.287. The van der Waals surface area contributed by atoms with E-state index in [4.69, 9.17) is 10.7 Å². The molecule has 4 aromatic rings. The lowest BCUT2D eigenvalue weighted by Crippen LogP contribution is -2.06.